The minimum absolute atomic E-state index is 0.161. The molecule has 36 heavy (non-hydrogen) atoms. The highest BCUT2D eigenvalue weighted by Gasteiger charge is 2.19. The van der Waals surface area contributed by atoms with Crippen LogP contribution >= 0.6 is 11.3 Å². The van der Waals surface area contributed by atoms with Gasteiger partial charge >= 0.3 is 0 Å². The molecule has 6 aromatic rings. The molecule has 6 rings (SSSR count). The Hall–Kier alpha value is -4.51. The molecule has 5 aromatic heterocycles. The van der Waals surface area contributed by atoms with Gasteiger partial charge in [-0.15, -0.1) is 11.3 Å². The summed E-state index contributed by atoms with van der Waals surface area (Å²) in [5.41, 5.74) is 4.13. The van der Waals surface area contributed by atoms with Gasteiger partial charge in [-0.3, -0.25) is 19.9 Å². The van der Waals surface area contributed by atoms with Crippen LogP contribution in [0.5, 0.6) is 0 Å². The lowest BCUT2D eigenvalue weighted by Gasteiger charge is -2.08. The Labute approximate surface area is 206 Å². The maximum absolute atomic E-state index is 15.1. The van der Waals surface area contributed by atoms with Crippen molar-refractivity contribution in [3.8, 4) is 33.2 Å². The molecule has 0 aliphatic rings. The maximum atomic E-state index is 15.1. The Balaban J connectivity index is 1.46. The number of carbonyl (C=O) groups excluding carboxylic acids is 1. The molecule has 0 unspecified atom stereocenters. The van der Waals surface area contributed by atoms with Crippen molar-refractivity contribution >= 4 is 44.9 Å². The number of fused-ring (bicyclic) bond motifs is 2. The van der Waals surface area contributed by atoms with Gasteiger partial charge in [0, 0.05) is 41.4 Å². The summed E-state index contributed by atoms with van der Waals surface area (Å²) in [6.45, 7) is 1.75. The number of aromatic nitrogens is 6. The molecule has 0 aliphatic heterocycles. The fourth-order valence-corrected chi connectivity index (χ4v) is 4.74. The van der Waals surface area contributed by atoms with Crippen molar-refractivity contribution in [2.45, 2.75) is 13.3 Å². The number of aromatic amines is 2. The SMILES string of the molecule is CCC(=O)Nc1cncc(-c2cc3c(-c4nc5c(-c6ccc(F)s6)nccc5[nH]4)n[nH]c3cc2F)c1. The van der Waals surface area contributed by atoms with Gasteiger partial charge in [0.25, 0.3) is 0 Å². The molecule has 0 aliphatic carbocycles. The molecule has 3 N–H and O–H groups in total. The second kappa shape index (κ2) is 8.61. The summed E-state index contributed by atoms with van der Waals surface area (Å²) >= 11 is 0.994. The van der Waals surface area contributed by atoms with Crippen LogP contribution in [0.4, 0.5) is 14.5 Å². The number of carbonyl (C=O) groups is 1. The van der Waals surface area contributed by atoms with E-state index in [1.165, 1.54) is 24.5 Å². The summed E-state index contributed by atoms with van der Waals surface area (Å²) in [4.78, 5) is 28.9. The Morgan fingerprint density at radius 2 is 1.97 bits per heavy atom. The van der Waals surface area contributed by atoms with Gasteiger partial charge in [-0.1, -0.05) is 6.92 Å². The van der Waals surface area contributed by atoms with E-state index in [2.05, 4.69) is 30.5 Å². The first-order valence-electron chi connectivity index (χ1n) is 11.0. The van der Waals surface area contributed by atoms with Gasteiger partial charge < -0.3 is 10.3 Å². The topological polar surface area (TPSA) is 112 Å². The normalized spacial score (nSPS) is 11.4. The standard InChI is InChI=1S/C25H17F2N7OS/c1-2-21(35)30-13-7-12(10-28-11-13)14-8-15-18(9-16(14)26)33-34-22(15)25-31-17-5-6-29-24(23(17)32-25)19-3-4-20(27)36-19/h3-11H,2H2,1H3,(H,30,35)(H,31,32)(H,33,34). The van der Waals surface area contributed by atoms with Gasteiger partial charge in [-0.2, -0.15) is 9.49 Å². The smallest absolute Gasteiger partial charge is 0.224 e. The molecule has 0 bridgehead atoms. The second-order valence-electron chi connectivity index (χ2n) is 8.06. The van der Waals surface area contributed by atoms with E-state index in [1.54, 1.807) is 37.4 Å². The van der Waals surface area contributed by atoms with Crippen molar-refractivity contribution in [3.63, 3.8) is 0 Å². The minimum atomic E-state index is -0.464. The first-order chi connectivity index (χ1) is 17.5. The van der Waals surface area contributed by atoms with E-state index >= 15 is 4.39 Å². The molecule has 0 atom stereocenters. The molecule has 11 heteroatoms. The third kappa shape index (κ3) is 3.79. The van der Waals surface area contributed by atoms with E-state index in [1.807, 2.05) is 0 Å². The van der Waals surface area contributed by atoms with Crippen molar-refractivity contribution in [2.75, 3.05) is 5.32 Å². The van der Waals surface area contributed by atoms with Gasteiger partial charge in [0.2, 0.25) is 5.91 Å². The summed E-state index contributed by atoms with van der Waals surface area (Å²) in [5, 5.41) is 10.3. The van der Waals surface area contributed by atoms with E-state index in [9.17, 15) is 9.18 Å². The first kappa shape index (κ1) is 22.0. The minimum Gasteiger partial charge on any atom is -0.336 e. The number of hydrogen-bond acceptors (Lipinski definition) is 6. The number of amides is 1. The average Bonchev–Trinajstić information content (AvgIpc) is 3.60. The van der Waals surface area contributed by atoms with Crippen molar-refractivity contribution < 1.29 is 13.6 Å². The van der Waals surface area contributed by atoms with Gasteiger partial charge in [-0.05, 0) is 30.3 Å². The molecular weight excluding hydrogens is 484 g/mol. The van der Waals surface area contributed by atoms with Gasteiger partial charge in [0.05, 0.1) is 27.8 Å². The van der Waals surface area contributed by atoms with Crippen LogP contribution in [0.3, 0.4) is 0 Å². The van der Waals surface area contributed by atoms with Crippen LogP contribution in [0.25, 0.3) is 55.2 Å². The number of hydrogen-bond donors (Lipinski definition) is 3. The van der Waals surface area contributed by atoms with E-state index in [0.717, 1.165) is 11.3 Å². The van der Waals surface area contributed by atoms with Crippen LogP contribution in [-0.4, -0.2) is 36.0 Å². The van der Waals surface area contributed by atoms with Gasteiger partial charge in [-0.25, -0.2) is 9.37 Å². The number of benzene rings is 1. The van der Waals surface area contributed by atoms with E-state index in [0.29, 0.717) is 67.3 Å². The van der Waals surface area contributed by atoms with Gasteiger partial charge in [0.15, 0.2) is 11.0 Å². The molecule has 1 amide bonds. The molecule has 0 saturated heterocycles. The van der Waals surface area contributed by atoms with Crippen LogP contribution in [-0.2, 0) is 4.79 Å². The average molecular weight is 502 g/mol. The molecule has 0 fully saturated rings. The van der Waals surface area contributed by atoms with Crippen molar-refractivity contribution in [3.05, 3.63) is 65.9 Å². The highest BCUT2D eigenvalue weighted by molar-refractivity contribution is 7.13. The van der Waals surface area contributed by atoms with Crippen LogP contribution in [0.1, 0.15) is 13.3 Å². The number of anilines is 1. The number of halogens is 2. The summed E-state index contributed by atoms with van der Waals surface area (Å²) in [7, 11) is 0. The van der Waals surface area contributed by atoms with Gasteiger partial charge in [0.1, 0.15) is 22.7 Å². The Morgan fingerprint density at radius 3 is 2.78 bits per heavy atom. The Bertz CT molecular complexity index is 1770. The number of nitrogens with zero attached hydrogens (tertiary/aromatic N) is 4. The molecule has 5 heterocycles. The number of thiophene rings is 1. The molecule has 0 radical (unpaired) electrons. The molecule has 0 saturated carbocycles. The number of H-pyrrole nitrogens is 2. The molecular formula is C25H17F2N7OS. The Kier molecular flexibility index (Phi) is 5.26. The third-order valence-corrected chi connectivity index (χ3v) is 6.62. The maximum Gasteiger partial charge on any atom is 0.224 e. The highest BCUT2D eigenvalue weighted by atomic mass is 32.1. The summed E-state index contributed by atoms with van der Waals surface area (Å²) in [6, 6.07) is 9.55. The predicted octanol–water partition coefficient (Wildman–Crippen LogP) is 5.92. The molecule has 178 valence electrons. The lowest BCUT2D eigenvalue weighted by atomic mass is 10.0. The zero-order valence-electron chi connectivity index (χ0n) is 18.8. The second-order valence-corrected chi connectivity index (χ2v) is 9.09. The van der Waals surface area contributed by atoms with Crippen LogP contribution in [0.2, 0.25) is 0 Å². The number of pyridine rings is 2. The fraction of sp³-hybridized carbons (Fsp3) is 0.0800. The number of rotatable bonds is 5. The monoisotopic (exact) mass is 501 g/mol. The lowest BCUT2D eigenvalue weighted by Crippen LogP contribution is -2.09. The van der Waals surface area contributed by atoms with Crippen molar-refractivity contribution in [1.29, 1.82) is 0 Å². The number of imidazole rings is 1. The molecule has 8 nitrogen and oxygen atoms in total. The quantitative estimate of drug-likeness (QED) is 0.272. The largest absolute Gasteiger partial charge is 0.336 e. The lowest BCUT2D eigenvalue weighted by molar-refractivity contribution is -0.115. The zero-order valence-corrected chi connectivity index (χ0v) is 19.6. The molecule has 1 aromatic carbocycles. The van der Waals surface area contributed by atoms with Crippen LogP contribution in [0, 0.1) is 10.9 Å². The van der Waals surface area contributed by atoms with E-state index < -0.39 is 5.82 Å². The number of nitrogens with one attached hydrogen (secondary N) is 3. The zero-order chi connectivity index (χ0) is 24.8. The van der Waals surface area contributed by atoms with E-state index in [-0.39, 0.29) is 11.0 Å². The summed E-state index contributed by atoms with van der Waals surface area (Å²) < 4.78 is 28.7. The van der Waals surface area contributed by atoms with Crippen molar-refractivity contribution in [2.24, 2.45) is 0 Å². The van der Waals surface area contributed by atoms with Crippen molar-refractivity contribution in [1.82, 2.24) is 30.1 Å². The predicted molar refractivity (Wildman–Crippen MR) is 134 cm³/mol. The summed E-state index contributed by atoms with van der Waals surface area (Å²) in [5.74, 6) is -0.164. The Morgan fingerprint density at radius 1 is 1.08 bits per heavy atom. The van der Waals surface area contributed by atoms with E-state index in [4.69, 9.17) is 4.98 Å². The van der Waals surface area contributed by atoms with Crippen LogP contribution in [0.15, 0.2) is 55.0 Å². The van der Waals surface area contributed by atoms with Crippen LogP contribution < -0.4 is 5.32 Å². The third-order valence-electron chi connectivity index (χ3n) is 5.74. The highest BCUT2D eigenvalue weighted by Crippen LogP contribution is 2.35. The summed E-state index contributed by atoms with van der Waals surface area (Å²) in [6.07, 6.45) is 4.99. The fourth-order valence-electron chi connectivity index (χ4n) is 4.01. The molecule has 0 spiro atoms. The first-order valence-corrected chi connectivity index (χ1v) is 11.9.